The molecule has 5 nitrogen and oxygen atoms in total. The number of methoxy groups -OCH3 is 1. The third-order valence-corrected chi connectivity index (χ3v) is 4.38. The number of hydrogen-bond acceptors (Lipinski definition) is 5. The quantitative estimate of drug-likeness (QED) is 0.407. The third kappa shape index (κ3) is 5.45. The van der Waals surface area contributed by atoms with E-state index in [0.717, 1.165) is 11.3 Å². The zero-order chi connectivity index (χ0) is 20.6. The molecular formula is C24H22O5. The van der Waals surface area contributed by atoms with Crippen molar-refractivity contribution in [1.29, 1.82) is 0 Å². The topological polar surface area (TPSA) is 61.8 Å². The minimum atomic E-state index is -0.448. The van der Waals surface area contributed by atoms with Gasteiger partial charge in [-0.3, -0.25) is 4.79 Å². The summed E-state index contributed by atoms with van der Waals surface area (Å²) in [6, 6.07) is 21.7. The Morgan fingerprint density at radius 1 is 0.828 bits per heavy atom. The predicted molar refractivity (Wildman–Crippen MR) is 109 cm³/mol. The first-order chi connectivity index (χ1) is 14.1. The van der Waals surface area contributed by atoms with E-state index in [1.165, 1.54) is 14.0 Å². The van der Waals surface area contributed by atoms with Gasteiger partial charge in [0.1, 0.15) is 24.7 Å². The highest BCUT2D eigenvalue weighted by molar-refractivity contribution is 5.94. The van der Waals surface area contributed by atoms with E-state index >= 15 is 0 Å². The van der Waals surface area contributed by atoms with Crippen LogP contribution in [-0.4, -0.2) is 18.9 Å². The van der Waals surface area contributed by atoms with E-state index in [1.807, 2.05) is 42.5 Å². The maximum absolute atomic E-state index is 12.4. The van der Waals surface area contributed by atoms with Gasteiger partial charge in [-0.15, -0.1) is 0 Å². The lowest BCUT2D eigenvalue weighted by Gasteiger charge is -2.11. The molecule has 0 aromatic heterocycles. The van der Waals surface area contributed by atoms with E-state index in [4.69, 9.17) is 14.2 Å². The van der Waals surface area contributed by atoms with Gasteiger partial charge in [-0.1, -0.05) is 30.3 Å². The van der Waals surface area contributed by atoms with E-state index in [-0.39, 0.29) is 12.4 Å². The van der Waals surface area contributed by atoms with Gasteiger partial charge in [0.15, 0.2) is 5.78 Å². The van der Waals surface area contributed by atoms with Gasteiger partial charge in [0, 0.05) is 11.1 Å². The first kappa shape index (κ1) is 20.1. The lowest BCUT2D eigenvalue weighted by molar-refractivity contribution is 0.0470. The van der Waals surface area contributed by atoms with Crippen molar-refractivity contribution in [2.24, 2.45) is 0 Å². The summed E-state index contributed by atoms with van der Waals surface area (Å²) in [4.78, 5) is 23.9. The lowest BCUT2D eigenvalue weighted by atomic mass is 10.1. The molecule has 0 aliphatic rings. The van der Waals surface area contributed by atoms with Crippen LogP contribution in [0.15, 0.2) is 72.8 Å². The summed E-state index contributed by atoms with van der Waals surface area (Å²) in [5, 5.41) is 0. The van der Waals surface area contributed by atoms with Gasteiger partial charge in [-0.05, 0) is 55.0 Å². The highest BCUT2D eigenvalue weighted by Gasteiger charge is 2.12. The maximum atomic E-state index is 12.4. The predicted octanol–water partition coefficient (Wildman–Crippen LogP) is 4.83. The fraction of sp³-hybridized carbons (Fsp3) is 0.167. The van der Waals surface area contributed by atoms with Crippen LogP contribution in [0.4, 0.5) is 0 Å². The fourth-order valence-corrected chi connectivity index (χ4v) is 2.76. The first-order valence-electron chi connectivity index (χ1n) is 9.18. The molecule has 0 fully saturated rings. The summed E-state index contributed by atoms with van der Waals surface area (Å²) in [7, 11) is 1.53. The van der Waals surface area contributed by atoms with Crippen LogP contribution in [0.25, 0.3) is 0 Å². The molecule has 0 saturated carbocycles. The number of ether oxygens (including phenoxy) is 3. The summed E-state index contributed by atoms with van der Waals surface area (Å²) in [6.07, 6.45) is 0. The van der Waals surface area contributed by atoms with Crippen LogP contribution < -0.4 is 9.47 Å². The monoisotopic (exact) mass is 390 g/mol. The van der Waals surface area contributed by atoms with E-state index in [1.54, 1.807) is 30.3 Å². The number of benzene rings is 3. The summed E-state index contributed by atoms with van der Waals surface area (Å²) in [5.74, 6) is 0.846. The van der Waals surface area contributed by atoms with Gasteiger partial charge in [-0.2, -0.15) is 0 Å². The summed E-state index contributed by atoms with van der Waals surface area (Å²) in [6.45, 7) is 1.91. The summed E-state index contributed by atoms with van der Waals surface area (Å²) < 4.78 is 16.4. The molecule has 3 aromatic rings. The second kappa shape index (κ2) is 9.55. The third-order valence-electron chi connectivity index (χ3n) is 4.38. The second-order valence-electron chi connectivity index (χ2n) is 6.46. The average molecular weight is 390 g/mol. The number of esters is 1. The number of Topliss-reactive ketones (excluding diaryl/α,β-unsaturated/α-hetero) is 1. The van der Waals surface area contributed by atoms with Crippen molar-refractivity contribution in [3.63, 3.8) is 0 Å². The number of hydrogen-bond donors (Lipinski definition) is 0. The van der Waals surface area contributed by atoms with Crippen molar-refractivity contribution in [3.8, 4) is 11.5 Å². The molecule has 5 heteroatoms. The van der Waals surface area contributed by atoms with Crippen LogP contribution in [0.2, 0.25) is 0 Å². The van der Waals surface area contributed by atoms with Gasteiger partial charge < -0.3 is 14.2 Å². The standard InChI is InChI=1S/C24H22O5/c1-17(25)20-12-13-23(27-2)21(14-20)16-29-24(26)19-10-8-18(9-11-19)15-28-22-6-4-3-5-7-22/h3-14H,15-16H2,1-2H3. The van der Waals surface area contributed by atoms with Crippen LogP contribution >= 0.6 is 0 Å². The Labute approximate surface area is 169 Å². The van der Waals surface area contributed by atoms with Crippen LogP contribution in [0.3, 0.4) is 0 Å². The molecular weight excluding hydrogens is 368 g/mol. The molecule has 0 bridgehead atoms. The van der Waals surface area contributed by atoms with Gasteiger partial charge in [0.25, 0.3) is 0 Å². The molecule has 3 aromatic carbocycles. The Bertz CT molecular complexity index is 978. The van der Waals surface area contributed by atoms with Crippen molar-refractivity contribution in [1.82, 2.24) is 0 Å². The molecule has 29 heavy (non-hydrogen) atoms. The maximum Gasteiger partial charge on any atom is 0.338 e. The Morgan fingerprint density at radius 2 is 1.52 bits per heavy atom. The molecule has 3 rings (SSSR count). The lowest BCUT2D eigenvalue weighted by Crippen LogP contribution is -2.07. The molecule has 0 atom stereocenters. The zero-order valence-corrected chi connectivity index (χ0v) is 16.4. The number of carbonyl (C=O) groups excluding carboxylic acids is 2. The number of para-hydroxylation sites is 1. The van der Waals surface area contributed by atoms with Gasteiger partial charge >= 0.3 is 5.97 Å². The van der Waals surface area contributed by atoms with Crippen molar-refractivity contribution >= 4 is 11.8 Å². The largest absolute Gasteiger partial charge is 0.496 e. The van der Waals surface area contributed by atoms with E-state index in [2.05, 4.69) is 0 Å². The van der Waals surface area contributed by atoms with Crippen LogP contribution in [0.1, 0.15) is 38.8 Å². The van der Waals surface area contributed by atoms with E-state index in [0.29, 0.717) is 29.0 Å². The molecule has 0 unspecified atom stereocenters. The number of carbonyl (C=O) groups is 2. The molecule has 0 heterocycles. The van der Waals surface area contributed by atoms with Crippen molar-refractivity contribution < 1.29 is 23.8 Å². The van der Waals surface area contributed by atoms with Gasteiger partial charge in [-0.25, -0.2) is 4.79 Å². The number of rotatable bonds is 8. The van der Waals surface area contributed by atoms with Crippen LogP contribution in [0.5, 0.6) is 11.5 Å². The Kier molecular flexibility index (Phi) is 6.63. The van der Waals surface area contributed by atoms with Crippen LogP contribution in [0, 0.1) is 0 Å². The smallest absolute Gasteiger partial charge is 0.338 e. The normalized spacial score (nSPS) is 10.3. The SMILES string of the molecule is COc1ccc(C(C)=O)cc1COC(=O)c1ccc(COc2ccccc2)cc1. The Morgan fingerprint density at radius 3 is 2.17 bits per heavy atom. The van der Waals surface area contributed by atoms with Crippen molar-refractivity contribution in [3.05, 3.63) is 95.1 Å². The fourth-order valence-electron chi connectivity index (χ4n) is 2.76. The minimum absolute atomic E-state index is 0.0159. The molecule has 0 N–H and O–H groups in total. The summed E-state index contributed by atoms with van der Waals surface area (Å²) in [5.41, 5.74) is 2.57. The van der Waals surface area contributed by atoms with E-state index in [9.17, 15) is 9.59 Å². The van der Waals surface area contributed by atoms with Crippen molar-refractivity contribution in [2.75, 3.05) is 7.11 Å². The Balaban J connectivity index is 1.60. The minimum Gasteiger partial charge on any atom is -0.496 e. The van der Waals surface area contributed by atoms with Gasteiger partial charge in [0.2, 0.25) is 0 Å². The molecule has 0 aliphatic heterocycles. The average Bonchev–Trinajstić information content (AvgIpc) is 2.76. The highest BCUT2D eigenvalue weighted by atomic mass is 16.5. The molecule has 0 radical (unpaired) electrons. The number of ketones is 1. The van der Waals surface area contributed by atoms with Crippen molar-refractivity contribution in [2.45, 2.75) is 20.1 Å². The molecule has 0 amide bonds. The Hall–Kier alpha value is -3.60. The second-order valence-corrected chi connectivity index (χ2v) is 6.46. The molecule has 0 aliphatic carbocycles. The summed E-state index contributed by atoms with van der Waals surface area (Å²) >= 11 is 0. The highest BCUT2D eigenvalue weighted by Crippen LogP contribution is 2.22. The molecule has 0 saturated heterocycles. The molecule has 0 spiro atoms. The van der Waals surface area contributed by atoms with Crippen LogP contribution in [-0.2, 0) is 18.0 Å². The first-order valence-corrected chi connectivity index (χ1v) is 9.18. The zero-order valence-electron chi connectivity index (χ0n) is 16.4. The molecule has 148 valence electrons. The van der Waals surface area contributed by atoms with Gasteiger partial charge in [0.05, 0.1) is 12.7 Å². The van der Waals surface area contributed by atoms with E-state index < -0.39 is 5.97 Å².